The van der Waals surface area contributed by atoms with Crippen LogP contribution in [0.25, 0.3) is 21.8 Å². The molecule has 9 heteroatoms. The van der Waals surface area contributed by atoms with Gasteiger partial charge in [-0.2, -0.15) is 5.26 Å². The molecule has 0 fully saturated rings. The molecule has 0 spiro atoms. The molecule has 0 saturated carbocycles. The molecule has 2 heterocycles. The van der Waals surface area contributed by atoms with Gasteiger partial charge in [0.05, 0.1) is 22.7 Å². The Kier molecular flexibility index (Phi) is 11.0. The van der Waals surface area contributed by atoms with Gasteiger partial charge in [-0.1, -0.05) is 15.9 Å². The average molecular weight is 492 g/mol. The van der Waals surface area contributed by atoms with E-state index in [4.69, 9.17) is 28.9 Å². The van der Waals surface area contributed by atoms with Crippen molar-refractivity contribution in [1.29, 1.82) is 15.8 Å². The molecule has 5 nitrogen and oxygen atoms in total. The van der Waals surface area contributed by atoms with E-state index in [-0.39, 0.29) is 31.1 Å². The van der Waals surface area contributed by atoms with Crippen molar-refractivity contribution in [2.75, 3.05) is 0 Å². The van der Waals surface area contributed by atoms with E-state index < -0.39 is 0 Å². The van der Waals surface area contributed by atoms with Crippen molar-refractivity contribution in [2.24, 2.45) is 0 Å². The predicted octanol–water partition coefficient (Wildman–Crippen LogP) is 5.44. The van der Waals surface area contributed by atoms with E-state index in [1.807, 2.05) is 18.2 Å². The fourth-order valence-corrected chi connectivity index (χ4v) is 2.73. The van der Waals surface area contributed by atoms with Gasteiger partial charge in [0.2, 0.25) is 0 Å². The van der Waals surface area contributed by atoms with Crippen LogP contribution in [0.5, 0.6) is 0 Å². The van der Waals surface area contributed by atoms with Crippen molar-refractivity contribution in [2.45, 2.75) is 0 Å². The van der Waals surface area contributed by atoms with E-state index in [0.717, 1.165) is 15.2 Å². The summed E-state index contributed by atoms with van der Waals surface area (Å²) in [4.78, 5) is 5.57. The van der Waals surface area contributed by atoms with Crippen LogP contribution in [0.4, 0.5) is 8.78 Å². The zero-order valence-electron chi connectivity index (χ0n) is 14.3. The molecule has 4 rings (SSSR count). The number of rotatable bonds is 0. The van der Waals surface area contributed by atoms with Crippen molar-refractivity contribution in [1.82, 2.24) is 9.97 Å². The van der Waals surface area contributed by atoms with Crippen molar-refractivity contribution in [3.05, 3.63) is 83.6 Å². The summed E-state index contributed by atoms with van der Waals surface area (Å²) < 4.78 is 26.9. The molecule has 0 radical (unpaired) electrons. The van der Waals surface area contributed by atoms with E-state index in [0.29, 0.717) is 16.6 Å². The number of halogens is 3. The summed E-state index contributed by atoms with van der Waals surface area (Å²) in [7, 11) is 0. The minimum Gasteiger partial charge on any atom is -0.512 e. The molecule has 0 aliphatic carbocycles. The van der Waals surface area contributed by atoms with Crippen LogP contribution in [0.1, 0.15) is 5.56 Å². The number of nitrogens with zero attached hydrogens (tertiary/aromatic N) is 3. The van der Waals surface area contributed by atoms with Gasteiger partial charge >= 0.3 is 19.5 Å². The SMILES string of the molecule is Fc1cc(Br)cc2cc[nH]c12.N#Cc1cc(F)c2[nH]ccc2c1.[C-]#N.[C-]#N.[Zn+2]. The molecule has 28 heavy (non-hydrogen) atoms. The first-order chi connectivity index (χ1) is 13.1. The third-order valence-corrected chi connectivity index (χ3v) is 3.77. The summed E-state index contributed by atoms with van der Waals surface area (Å²) >= 11 is 3.21. The van der Waals surface area contributed by atoms with Crippen molar-refractivity contribution < 1.29 is 28.3 Å². The minimum absolute atomic E-state index is 0. The van der Waals surface area contributed by atoms with Crippen LogP contribution in [-0.2, 0) is 19.5 Å². The van der Waals surface area contributed by atoms with Crippen LogP contribution in [0.15, 0.2) is 53.3 Å². The zero-order chi connectivity index (χ0) is 20.4. The maximum absolute atomic E-state index is 13.1. The van der Waals surface area contributed by atoms with Crippen LogP contribution in [0.2, 0.25) is 0 Å². The second-order valence-corrected chi connectivity index (χ2v) is 5.76. The first-order valence-corrected chi connectivity index (χ1v) is 7.91. The first-order valence-electron chi connectivity index (χ1n) is 7.12. The van der Waals surface area contributed by atoms with Gasteiger partial charge < -0.3 is 33.6 Å². The number of nitriles is 1. The summed E-state index contributed by atoms with van der Waals surface area (Å²) in [5.41, 5.74) is 1.36. The summed E-state index contributed by atoms with van der Waals surface area (Å²) in [6.07, 6.45) is 3.37. The number of fused-ring (bicyclic) bond motifs is 2. The van der Waals surface area contributed by atoms with Gasteiger partial charge in [-0.3, -0.25) is 0 Å². The number of H-pyrrole nitrogens is 2. The van der Waals surface area contributed by atoms with E-state index in [1.165, 1.54) is 12.1 Å². The first kappa shape index (κ1) is 25.0. The fraction of sp³-hybridized carbons (Fsp3) is 0. The van der Waals surface area contributed by atoms with Crippen molar-refractivity contribution >= 4 is 37.7 Å². The largest absolute Gasteiger partial charge is 2.00 e. The van der Waals surface area contributed by atoms with Crippen molar-refractivity contribution in [3.63, 3.8) is 0 Å². The van der Waals surface area contributed by atoms with E-state index in [9.17, 15) is 8.78 Å². The maximum atomic E-state index is 13.1. The van der Waals surface area contributed by atoms with Gasteiger partial charge in [-0.15, -0.1) is 0 Å². The number of benzene rings is 2. The number of hydrogen-bond donors (Lipinski definition) is 2. The van der Waals surface area contributed by atoms with Gasteiger partial charge in [0.1, 0.15) is 11.6 Å². The standard InChI is InChI=1S/C9H5FN2.C8H5BrFN.2CN.Zn/c10-8-4-6(5-11)3-7-1-2-12-9(7)8;9-6-3-5-1-2-11-8(5)7(10)4-6;2*1-2;/h1-4,12H;1-4,11H;;;/q;;2*-1;+2. The number of hydrogen-bond acceptors (Lipinski definition) is 3. The molecule has 0 saturated heterocycles. The zero-order valence-corrected chi connectivity index (χ0v) is 18.9. The molecular weight excluding hydrogens is 482 g/mol. The Morgan fingerprint density at radius 1 is 0.821 bits per heavy atom. The van der Waals surface area contributed by atoms with Crippen LogP contribution in [0.3, 0.4) is 0 Å². The fourth-order valence-electron chi connectivity index (χ4n) is 2.28. The average Bonchev–Trinajstić information content (AvgIpc) is 3.35. The Hall–Kier alpha value is -3.05. The molecule has 0 atom stereocenters. The monoisotopic (exact) mass is 489 g/mol. The summed E-state index contributed by atoms with van der Waals surface area (Å²) in [5.74, 6) is -0.603. The van der Waals surface area contributed by atoms with E-state index in [2.05, 4.69) is 25.9 Å². The van der Waals surface area contributed by atoms with Gasteiger partial charge in [0, 0.05) is 27.6 Å². The number of nitrogens with one attached hydrogen (secondary N) is 2. The molecule has 2 aromatic heterocycles. The molecule has 0 unspecified atom stereocenters. The van der Waals surface area contributed by atoms with Crippen LogP contribution in [-0.4, -0.2) is 9.97 Å². The molecule has 2 aromatic carbocycles. The Morgan fingerprint density at radius 2 is 1.29 bits per heavy atom. The summed E-state index contributed by atoms with van der Waals surface area (Å²) in [5, 5.41) is 22.6. The van der Waals surface area contributed by atoms with Gasteiger partial charge in [0.25, 0.3) is 0 Å². The Morgan fingerprint density at radius 3 is 1.79 bits per heavy atom. The van der Waals surface area contributed by atoms with E-state index >= 15 is 0 Å². The molecule has 0 amide bonds. The number of aromatic amines is 2. The Labute approximate surface area is 181 Å². The maximum Gasteiger partial charge on any atom is 2.00 e. The third kappa shape index (κ3) is 6.00. The van der Waals surface area contributed by atoms with Crippen LogP contribution in [0, 0.1) is 46.6 Å². The smallest absolute Gasteiger partial charge is 0.512 e. The van der Waals surface area contributed by atoms with E-state index in [1.54, 1.807) is 24.5 Å². The number of aromatic nitrogens is 2. The molecule has 0 bridgehead atoms. The van der Waals surface area contributed by atoms with Crippen LogP contribution >= 0.6 is 15.9 Å². The molecule has 0 aliphatic rings. The molecule has 2 N–H and O–H groups in total. The van der Waals surface area contributed by atoms with Gasteiger partial charge in [-0.25, -0.2) is 8.78 Å². The quantitative estimate of drug-likeness (QED) is 0.253. The summed E-state index contributed by atoms with van der Waals surface area (Å²) in [6.45, 7) is 9.50. The topological polar surface area (TPSA) is 103 Å². The Balaban J connectivity index is 0.000000431. The third-order valence-electron chi connectivity index (χ3n) is 3.32. The molecule has 4 aromatic rings. The van der Waals surface area contributed by atoms with Crippen molar-refractivity contribution in [3.8, 4) is 6.07 Å². The minimum atomic E-state index is -0.381. The Bertz CT molecular complexity index is 1120. The molecular formula is C19H10BrF2N5Zn. The van der Waals surface area contributed by atoms with Gasteiger partial charge in [0.15, 0.2) is 0 Å². The predicted molar refractivity (Wildman–Crippen MR) is 98.9 cm³/mol. The normalized spacial score (nSPS) is 8.64. The van der Waals surface area contributed by atoms with Gasteiger partial charge in [-0.05, 0) is 36.4 Å². The molecule has 0 aliphatic heterocycles. The molecule has 134 valence electrons. The second kappa shape index (κ2) is 12.4. The van der Waals surface area contributed by atoms with Crippen LogP contribution < -0.4 is 0 Å². The second-order valence-electron chi connectivity index (χ2n) is 4.84. The summed E-state index contributed by atoms with van der Waals surface area (Å²) in [6, 6.07) is 11.6.